The van der Waals surface area contributed by atoms with E-state index >= 15 is 0 Å². The van der Waals surface area contributed by atoms with Crippen molar-refractivity contribution in [2.75, 3.05) is 0 Å². The second-order valence-corrected chi connectivity index (χ2v) is 5.69. The molecule has 0 aliphatic rings. The van der Waals surface area contributed by atoms with E-state index in [9.17, 15) is 9.18 Å². The molecule has 0 bridgehead atoms. The van der Waals surface area contributed by atoms with E-state index in [2.05, 4.69) is 10.3 Å². The highest BCUT2D eigenvalue weighted by atomic mass is 35.5. The van der Waals surface area contributed by atoms with E-state index < -0.39 is 5.82 Å². The first-order chi connectivity index (χ1) is 9.58. The fourth-order valence-electron chi connectivity index (χ4n) is 1.54. The van der Waals surface area contributed by atoms with E-state index in [1.807, 2.05) is 5.38 Å². The van der Waals surface area contributed by atoms with Crippen LogP contribution in [-0.4, -0.2) is 10.9 Å². The number of hydrogen-bond donors (Lipinski definition) is 1. The number of aromatic nitrogens is 1. The standard InChI is InChI=1S/C13H11Cl2FN2OS/c14-5-9-7-20-13(18-9)4-12(19)17-6-8-1-2-11(16)10(15)3-8/h1-3,7H,4-6H2,(H,17,19). The van der Waals surface area contributed by atoms with Crippen molar-refractivity contribution in [3.05, 3.63) is 50.7 Å². The molecule has 2 rings (SSSR count). The van der Waals surface area contributed by atoms with Crippen LogP contribution in [0.3, 0.4) is 0 Å². The lowest BCUT2D eigenvalue weighted by molar-refractivity contribution is -0.120. The lowest BCUT2D eigenvalue weighted by atomic mass is 10.2. The molecule has 0 atom stereocenters. The highest BCUT2D eigenvalue weighted by molar-refractivity contribution is 7.09. The maximum atomic E-state index is 13.0. The van der Waals surface area contributed by atoms with Gasteiger partial charge in [-0.2, -0.15) is 0 Å². The normalized spacial score (nSPS) is 10.6. The average Bonchev–Trinajstić information content (AvgIpc) is 2.88. The molecule has 1 amide bonds. The van der Waals surface area contributed by atoms with E-state index in [0.29, 0.717) is 12.4 Å². The Balaban J connectivity index is 1.87. The number of nitrogens with one attached hydrogen (secondary N) is 1. The molecule has 0 aliphatic carbocycles. The fraction of sp³-hybridized carbons (Fsp3) is 0.231. The van der Waals surface area contributed by atoms with Crippen molar-refractivity contribution in [2.45, 2.75) is 18.8 Å². The van der Waals surface area contributed by atoms with Gasteiger partial charge in [0.2, 0.25) is 5.91 Å². The van der Waals surface area contributed by atoms with Crippen LogP contribution in [0.4, 0.5) is 4.39 Å². The molecule has 0 spiro atoms. The van der Waals surface area contributed by atoms with Gasteiger partial charge in [0.05, 0.1) is 23.0 Å². The summed E-state index contributed by atoms with van der Waals surface area (Å²) in [6.45, 7) is 0.298. The number of hydrogen-bond acceptors (Lipinski definition) is 3. The van der Waals surface area contributed by atoms with Gasteiger partial charge in [0, 0.05) is 11.9 Å². The van der Waals surface area contributed by atoms with E-state index in [0.717, 1.165) is 16.3 Å². The summed E-state index contributed by atoms with van der Waals surface area (Å²) in [7, 11) is 0. The Kier molecular flexibility index (Phi) is 5.34. The minimum Gasteiger partial charge on any atom is -0.352 e. The smallest absolute Gasteiger partial charge is 0.227 e. The van der Waals surface area contributed by atoms with Crippen molar-refractivity contribution < 1.29 is 9.18 Å². The predicted octanol–water partition coefficient (Wildman–Crippen LogP) is 3.53. The molecule has 1 aromatic heterocycles. The molecule has 0 saturated heterocycles. The number of benzene rings is 1. The van der Waals surface area contributed by atoms with Gasteiger partial charge < -0.3 is 5.32 Å². The van der Waals surface area contributed by atoms with Crippen molar-refractivity contribution in [3.63, 3.8) is 0 Å². The van der Waals surface area contributed by atoms with Gasteiger partial charge in [-0.15, -0.1) is 22.9 Å². The van der Waals surface area contributed by atoms with Gasteiger partial charge in [0.1, 0.15) is 10.8 Å². The van der Waals surface area contributed by atoms with E-state index in [4.69, 9.17) is 23.2 Å². The average molecular weight is 333 g/mol. The maximum absolute atomic E-state index is 13.0. The molecule has 0 radical (unpaired) electrons. The van der Waals surface area contributed by atoms with Gasteiger partial charge in [0.25, 0.3) is 0 Å². The second kappa shape index (κ2) is 7.02. The number of halogens is 3. The molecule has 0 fully saturated rings. The first kappa shape index (κ1) is 15.2. The molecule has 1 aromatic carbocycles. The molecule has 7 heteroatoms. The number of thiazole rings is 1. The van der Waals surface area contributed by atoms with Crippen LogP contribution >= 0.6 is 34.5 Å². The molecule has 0 unspecified atom stereocenters. The Morgan fingerprint density at radius 3 is 2.90 bits per heavy atom. The van der Waals surface area contributed by atoms with Gasteiger partial charge in [0.15, 0.2) is 0 Å². The fourth-order valence-corrected chi connectivity index (χ4v) is 2.77. The zero-order chi connectivity index (χ0) is 14.5. The lowest BCUT2D eigenvalue weighted by Crippen LogP contribution is -2.24. The minimum atomic E-state index is -0.474. The highest BCUT2D eigenvalue weighted by Gasteiger charge is 2.08. The number of carbonyl (C=O) groups is 1. The first-order valence-corrected chi connectivity index (χ1v) is 7.57. The summed E-state index contributed by atoms with van der Waals surface area (Å²) < 4.78 is 13.0. The van der Waals surface area contributed by atoms with Crippen LogP contribution in [0, 0.1) is 5.82 Å². The first-order valence-electron chi connectivity index (χ1n) is 5.78. The predicted molar refractivity (Wildman–Crippen MR) is 78.6 cm³/mol. The Labute approximate surface area is 129 Å². The zero-order valence-electron chi connectivity index (χ0n) is 10.3. The second-order valence-electron chi connectivity index (χ2n) is 4.07. The SMILES string of the molecule is O=C(Cc1nc(CCl)cs1)NCc1ccc(F)c(Cl)c1. The number of amides is 1. The Bertz CT molecular complexity index is 618. The van der Waals surface area contributed by atoms with Gasteiger partial charge in [-0.05, 0) is 17.7 Å². The third kappa shape index (κ3) is 4.16. The molecule has 0 saturated carbocycles. The third-order valence-corrected chi connectivity index (χ3v) is 3.98. The Morgan fingerprint density at radius 1 is 1.45 bits per heavy atom. The van der Waals surface area contributed by atoms with Crippen LogP contribution in [0.2, 0.25) is 5.02 Å². The van der Waals surface area contributed by atoms with Crippen LogP contribution in [0.5, 0.6) is 0 Å². The molecule has 1 N–H and O–H groups in total. The van der Waals surface area contributed by atoms with Crippen molar-refractivity contribution in [2.24, 2.45) is 0 Å². The molecule has 1 heterocycles. The summed E-state index contributed by atoms with van der Waals surface area (Å²) >= 11 is 12.7. The van der Waals surface area contributed by atoms with E-state index in [-0.39, 0.29) is 17.4 Å². The van der Waals surface area contributed by atoms with Crippen LogP contribution in [0.25, 0.3) is 0 Å². The van der Waals surface area contributed by atoms with Crippen molar-refractivity contribution in [1.29, 1.82) is 0 Å². The topological polar surface area (TPSA) is 42.0 Å². The van der Waals surface area contributed by atoms with E-state index in [1.54, 1.807) is 6.07 Å². The molecular weight excluding hydrogens is 322 g/mol. The maximum Gasteiger partial charge on any atom is 0.227 e. The molecule has 3 nitrogen and oxygen atoms in total. The summed E-state index contributed by atoms with van der Waals surface area (Å²) in [5, 5.41) is 5.33. The molecule has 20 heavy (non-hydrogen) atoms. The number of rotatable bonds is 5. The van der Waals surface area contributed by atoms with E-state index in [1.165, 1.54) is 23.5 Å². The summed E-state index contributed by atoms with van der Waals surface area (Å²) in [6.07, 6.45) is 0.205. The lowest BCUT2D eigenvalue weighted by Gasteiger charge is -2.05. The molecule has 106 valence electrons. The quantitative estimate of drug-likeness (QED) is 0.851. The minimum absolute atomic E-state index is 0.0448. The summed E-state index contributed by atoms with van der Waals surface area (Å²) in [5.41, 5.74) is 1.51. The number of carbonyl (C=O) groups excluding carboxylic acids is 1. The van der Waals surface area contributed by atoms with Crippen molar-refractivity contribution >= 4 is 40.4 Å². The van der Waals surface area contributed by atoms with Crippen LogP contribution < -0.4 is 5.32 Å². The molecule has 2 aromatic rings. The van der Waals surface area contributed by atoms with Crippen molar-refractivity contribution in [1.82, 2.24) is 10.3 Å². The van der Waals surface area contributed by atoms with Gasteiger partial charge in [-0.3, -0.25) is 4.79 Å². The Hall–Kier alpha value is -1.17. The molecular formula is C13H11Cl2FN2OS. The zero-order valence-corrected chi connectivity index (χ0v) is 12.7. The number of alkyl halides is 1. The summed E-state index contributed by atoms with van der Waals surface area (Å²) in [5.74, 6) is -0.286. The van der Waals surface area contributed by atoms with Crippen LogP contribution in [-0.2, 0) is 23.6 Å². The highest BCUT2D eigenvalue weighted by Crippen LogP contribution is 2.16. The third-order valence-electron chi connectivity index (χ3n) is 2.52. The van der Waals surface area contributed by atoms with Gasteiger partial charge in [-0.1, -0.05) is 17.7 Å². The summed E-state index contributed by atoms with van der Waals surface area (Å²) in [4.78, 5) is 16.0. The number of nitrogens with zero attached hydrogens (tertiary/aromatic N) is 1. The van der Waals surface area contributed by atoms with Crippen molar-refractivity contribution in [3.8, 4) is 0 Å². The van der Waals surface area contributed by atoms with Gasteiger partial charge in [-0.25, -0.2) is 9.37 Å². The van der Waals surface area contributed by atoms with Gasteiger partial charge >= 0.3 is 0 Å². The van der Waals surface area contributed by atoms with Crippen LogP contribution in [0.15, 0.2) is 23.6 Å². The molecule has 0 aliphatic heterocycles. The largest absolute Gasteiger partial charge is 0.352 e. The monoisotopic (exact) mass is 332 g/mol. The Morgan fingerprint density at radius 2 is 2.25 bits per heavy atom. The summed E-state index contributed by atoms with van der Waals surface area (Å²) in [6, 6.07) is 4.35. The van der Waals surface area contributed by atoms with Crippen LogP contribution in [0.1, 0.15) is 16.3 Å².